The monoisotopic (exact) mass is 830 g/mol. The number of phenols is 4. The Balaban J connectivity index is 0.000000526. The van der Waals surface area contributed by atoms with E-state index in [1.54, 1.807) is 91.3 Å². The predicted octanol–water partition coefficient (Wildman–Crippen LogP) is 6.74. The number of hydrogen-bond acceptors (Lipinski definition) is 12. The number of para-hydroxylation sites is 4. The molecule has 0 aliphatic carbocycles. The van der Waals surface area contributed by atoms with Crippen LogP contribution in [0.1, 0.15) is 49.9 Å². The number of hydrogen-bond donors (Lipinski definition) is 5. The molecule has 12 nitrogen and oxygen atoms in total. The molecule has 0 unspecified atom stereocenters. The van der Waals surface area contributed by atoms with Crippen LogP contribution in [0.3, 0.4) is 0 Å². The first kappa shape index (κ1) is 46.9. The van der Waals surface area contributed by atoms with Crippen molar-refractivity contribution in [2.45, 2.75) is 38.8 Å². The summed E-state index contributed by atoms with van der Waals surface area (Å²) in [7, 11) is 5.98. The van der Waals surface area contributed by atoms with Gasteiger partial charge in [0.05, 0.1) is 46.1 Å². The van der Waals surface area contributed by atoms with Crippen molar-refractivity contribution in [3.05, 3.63) is 101 Å². The first-order valence-electron chi connectivity index (χ1n) is 16.2. The second kappa shape index (κ2) is 21.5. The van der Waals surface area contributed by atoms with Crippen LogP contribution in [0.4, 0.5) is 0 Å². The molecule has 6 N–H and O–H groups in total. The summed E-state index contributed by atoms with van der Waals surface area (Å²) < 4.78 is 20.4. The second-order valence-electron chi connectivity index (χ2n) is 12.4. The van der Waals surface area contributed by atoms with E-state index in [1.807, 2.05) is 27.7 Å². The maximum absolute atomic E-state index is 10.2. The zero-order valence-corrected chi connectivity index (χ0v) is 33.5. The van der Waals surface area contributed by atoms with Crippen molar-refractivity contribution >= 4 is 24.7 Å². The van der Waals surface area contributed by atoms with E-state index in [4.69, 9.17) is 24.7 Å². The average molecular weight is 831 g/mol. The van der Waals surface area contributed by atoms with E-state index in [9.17, 15) is 20.4 Å². The predicted molar refractivity (Wildman–Crippen MR) is 207 cm³/mol. The maximum atomic E-state index is 10.2. The quantitative estimate of drug-likeness (QED) is 0.0913. The summed E-state index contributed by atoms with van der Waals surface area (Å²) in [6, 6.07) is 20.8. The van der Waals surface area contributed by atoms with E-state index in [0.717, 1.165) is 0 Å². The summed E-state index contributed by atoms with van der Waals surface area (Å²) in [5, 5.41) is 40.5. The minimum atomic E-state index is -0.590. The van der Waals surface area contributed by atoms with Crippen LogP contribution in [-0.4, -0.2) is 85.1 Å². The molecule has 0 heterocycles. The smallest absolute Gasteiger partial charge is 0.166 e. The molecule has 0 aromatic heterocycles. The average Bonchev–Trinajstić information content (AvgIpc) is 3.12. The van der Waals surface area contributed by atoms with Crippen LogP contribution >= 0.6 is 0 Å². The first-order chi connectivity index (χ1) is 24.7. The Kier molecular flexibility index (Phi) is 18.7. The van der Waals surface area contributed by atoms with Gasteiger partial charge in [-0.2, -0.15) is 0 Å². The van der Waals surface area contributed by atoms with Gasteiger partial charge in [-0.05, 0) is 76.2 Å². The summed E-state index contributed by atoms with van der Waals surface area (Å²) >= 11 is 0. The van der Waals surface area contributed by atoms with Gasteiger partial charge < -0.3 is 45.1 Å². The van der Waals surface area contributed by atoms with E-state index < -0.39 is 11.1 Å². The van der Waals surface area contributed by atoms with Crippen LogP contribution in [0.5, 0.6) is 46.0 Å². The van der Waals surface area contributed by atoms with Gasteiger partial charge in [0.15, 0.2) is 46.0 Å². The van der Waals surface area contributed by atoms with E-state index in [1.165, 1.54) is 34.7 Å². The van der Waals surface area contributed by atoms with Crippen molar-refractivity contribution < 1.29 is 72.9 Å². The molecule has 54 heavy (non-hydrogen) atoms. The van der Waals surface area contributed by atoms with E-state index >= 15 is 0 Å². The third kappa shape index (κ3) is 12.2. The SMILES string of the molecule is COc1cccc(C=NC(C)(C)C(C)(C)N=Cc2cccc(OC)c2O)c1O.COc1cccc(C=NCC(N)=Cc2cccc(OC)c2O)c1O.[Co].[Co]. The molecule has 0 spiro atoms. The van der Waals surface area contributed by atoms with Crippen LogP contribution in [0, 0.1) is 0 Å². The Morgan fingerprint density at radius 1 is 0.537 bits per heavy atom. The minimum absolute atomic E-state index is 0. The molecular formula is C40H48Co2N4O8. The number of aromatic hydroxyl groups is 4. The van der Waals surface area contributed by atoms with Gasteiger partial charge in [-0.3, -0.25) is 15.0 Å². The third-order valence-corrected chi connectivity index (χ3v) is 8.40. The van der Waals surface area contributed by atoms with E-state index in [2.05, 4.69) is 15.0 Å². The second-order valence-corrected chi connectivity index (χ2v) is 12.4. The Morgan fingerprint density at radius 3 is 1.17 bits per heavy atom. The van der Waals surface area contributed by atoms with E-state index in [0.29, 0.717) is 50.9 Å². The van der Waals surface area contributed by atoms with Crippen molar-refractivity contribution in [2.24, 2.45) is 20.7 Å². The molecule has 0 aliphatic rings. The van der Waals surface area contributed by atoms with Crippen molar-refractivity contribution in [1.29, 1.82) is 0 Å². The Morgan fingerprint density at radius 2 is 0.833 bits per heavy atom. The molecule has 0 bridgehead atoms. The first-order valence-corrected chi connectivity index (χ1v) is 16.2. The summed E-state index contributed by atoms with van der Waals surface area (Å²) in [5.41, 5.74) is 7.42. The topological polar surface area (TPSA) is 181 Å². The number of nitrogens with zero attached hydrogens (tertiary/aromatic N) is 3. The number of nitrogens with two attached hydrogens (primary N) is 1. The van der Waals surface area contributed by atoms with Crippen LogP contribution in [0.2, 0.25) is 0 Å². The number of phenolic OH excluding ortho intramolecular Hbond substituents is 4. The van der Waals surface area contributed by atoms with Gasteiger partial charge in [-0.25, -0.2) is 0 Å². The molecule has 4 rings (SSSR count). The van der Waals surface area contributed by atoms with Crippen LogP contribution in [0.15, 0.2) is 93.5 Å². The largest absolute Gasteiger partial charge is 0.504 e. The number of ether oxygens (including phenoxy) is 4. The summed E-state index contributed by atoms with van der Waals surface area (Å²) in [6.45, 7) is 8.06. The van der Waals surface area contributed by atoms with Gasteiger partial charge in [0.2, 0.25) is 0 Å². The minimum Gasteiger partial charge on any atom is -0.504 e. The molecule has 0 fully saturated rings. The Bertz CT molecular complexity index is 1870. The Labute approximate surface area is 337 Å². The van der Waals surface area contributed by atoms with Gasteiger partial charge >= 0.3 is 0 Å². The molecule has 0 saturated heterocycles. The fraction of sp³-hybridized carbons (Fsp3) is 0.275. The number of aliphatic imine (C=N–C) groups is 3. The summed E-state index contributed by atoms with van der Waals surface area (Å²) in [6.07, 6.45) is 6.39. The van der Waals surface area contributed by atoms with Crippen molar-refractivity contribution in [3.8, 4) is 46.0 Å². The summed E-state index contributed by atoms with van der Waals surface area (Å²) in [4.78, 5) is 13.5. The molecule has 4 aromatic rings. The molecule has 0 saturated carbocycles. The molecule has 0 aliphatic heterocycles. The molecule has 14 heteroatoms. The van der Waals surface area contributed by atoms with E-state index in [-0.39, 0.29) is 63.1 Å². The van der Waals surface area contributed by atoms with Gasteiger partial charge in [-0.1, -0.05) is 30.3 Å². The van der Waals surface area contributed by atoms with Crippen molar-refractivity contribution in [3.63, 3.8) is 0 Å². The van der Waals surface area contributed by atoms with Crippen LogP contribution in [0.25, 0.3) is 6.08 Å². The summed E-state index contributed by atoms with van der Waals surface area (Å²) in [5.74, 6) is 1.69. The van der Waals surface area contributed by atoms with Crippen molar-refractivity contribution in [1.82, 2.24) is 0 Å². The fourth-order valence-corrected chi connectivity index (χ4v) is 4.52. The van der Waals surface area contributed by atoms with Crippen LogP contribution in [-0.2, 0) is 33.6 Å². The number of methoxy groups -OCH3 is 4. The zero-order chi connectivity index (χ0) is 38.5. The molecule has 2 radical (unpaired) electrons. The normalized spacial score (nSPS) is 11.7. The maximum Gasteiger partial charge on any atom is 0.166 e. The molecular weight excluding hydrogens is 782 g/mol. The Hall–Kier alpha value is -5.16. The standard InChI is InChI=1S/C22H28N2O4.C18H20N2O4.2Co/c1-21(2,23-13-15-9-7-11-17(27-5)19(15)25)22(3,4)24-14-16-10-8-12-18(28-6)20(16)26;1-23-15-7-3-5-12(17(15)21)9-14(19)11-20-10-13-6-4-8-16(24-2)18(13)22;;/h7-14,25-26H,1-6H3;3-10,21-22H,11,19H2,1-2H3;;. The number of benzene rings is 4. The van der Waals surface area contributed by atoms with Crippen LogP contribution < -0.4 is 24.7 Å². The van der Waals surface area contributed by atoms with Gasteiger partial charge in [0.1, 0.15) is 0 Å². The zero-order valence-electron chi connectivity index (χ0n) is 31.5. The molecule has 0 amide bonds. The van der Waals surface area contributed by atoms with Gasteiger partial charge in [-0.15, -0.1) is 0 Å². The van der Waals surface area contributed by atoms with Crippen molar-refractivity contribution in [2.75, 3.05) is 35.0 Å². The fourth-order valence-electron chi connectivity index (χ4n) is 4.52. The molecule has 4 aromatic carbocycles. The molecule has 294 valence electrons. The number of rotatable bonds is 13. The molecule has 0 atom stereocenters. The third-order valence-electron chi connectivity index (χ3n) is 8.40. The van der Waals surface area contributed by atoms with Gasteiger partial charge in [0, 0.05) is 80.2 Å². The van der Waals surface area contributed by atoms with Gasteiger partial charge in [0.25, 0.3) is 0 Å².